The van der Waals surface area contributed by atoms with E-state index in [1.165, 1.54) is 6.20 Å². The van der Waals surface area contributed by atoms with Crippen LogP contribution in [0.15, 0.2) is 35.5 Å². The van der Waals surface area contributed by atoms with Crippen LogP contribution in [0.25, 0.3) is 0 Å². The molecule has 0 saturated carbocycles. The number of aromatic nitrogens is 2. The second kappa shape index (κ2) is 5.92. The highest BCUT2D eigenvalue weighted by atomic mass is 32.2. The summed E-state index contributed by atoms with van der Waals surface area (Å²) in [5, 5.41) is 0.0160. The van der Waals surface area contributed by atoms with Gasteiger partial charge in [0, 0.05) is 25.4 Å². The predicted molar refractivity (Wildman–Crippen MR) is 84.3 cm³/mol. The Morgan fingerprint density at radius 2 is 2.00 bits per heavy atom. The van der Waals surface area contributed by atoms with Gasteiger partial charge in [-0.25, -0.2) is 18.1 Å². The van der Waals surface area contributed by atoms with E-state index in [1.54, 1.807) is 42.8 Å². The minimum absolute atomic E-state index is 0.0160. The van der Waals surface area contributed by atoms with Crippen molar-refractivity contribution in [1.82, 2.24) is 14.3 Å². The Kier molecular flexibility index (Phi) is 4.40. The van der Waals surface area contributed by atoms with Crippen molar-refractivity contribution in [3.05, 3.63) is 47.4 Å². The molecule has 0 saturated heterocycles. The lowest BCUT2D eigenvalue weighted by atomic mass is 10.1. The van der Waals surface area contributed by atoms with Crippen LogP contribution >= 0.6 is 12.2 Å². The summed E-state index contributed by atoms with van der Waals surface area (Å²) in [5.41, 5.74) is 7.07. The molecular weight excluding hydrogens is 308 g/mol. The van der Waals surface area contributed by atoms with Crippen LogP contribution in [0.1, 0.15) is 17.0 Å². The molecule has 1 aromatic carbocycles. The van der Waals surface area contributed by atoms with Crippen molar-refractivity contribution in [2.45, 2.75) is 18.5 Å². The van der Waals surface area contributed by atoms with Gasteiger partial charge >= 0.3 is 0 Å². The van der Waals surface area contributed by atoms with Crippen LogP contribution in [-0.2, 0) is 23.6 Å². The maximum Gasteiger partial charge on any atom is 0.259 e. The fraction of sp³-hybridized carbons (Fsp3) is 0.231. The Morgan fingerprint density at radius 1 is 1.38 bits per heavy atom. The summed E-state index contributed by atoms with van der Waals surface area (Å²) in [7, 11) is -1.87. The number of nitrogens with two attached hydrogens (primary N) is 1. The third-order valence-corrected chi connectivity index (χ3v) is 4.57. The molecule has 0 aliphatic rings. The molecule has 112 valence electrons. The van der Waals surface area contributed by atoms with E-state index >= 15 is 0 Å². The van der Waals surface area contributed by atoms with Gasteiger partial charge in [-0.15, -0.1) is 0 Å². The molecule has 0 amide bonds. The third-order valence-electron chi connectivity index (χ3n) is 3.07. The van der Waals surface area contributed by atoms with Gasteiger partial charge in [0.25, 0.3) is 10.0 Å². The molecule has 2 rings (SSSR count). The van der Waals surface area contributed by atoms with Crippen molar-refractivity contribution in [3.8, 4) is 0 Å². The molecule has 0 spiro atoms. The fourth-order valence-electron chi connectivity index (χ4n) is 1.69. The molecule has 0 fully saturated rings. The lowest BCUT2D eigenvalue weighted by molar-refractivity contribution is 0.578. The number of aryl methyl sites for hydroxylation is 2. The fourth-order valence-corrected chi connectivity index (χ4v) is 2.88. The number of hydrogen-bond donors (Lipinski definition) is 2. The Labute approximate surface area is 129 Å². The highest BCUT2D eigenvalue weighted by Crippen LogP contribution is 2.09. The quantitative estimate of drug-likeness (QED) is 0.796. The molecule has 0 aliphatic heterocycles. The monoisotopic (exact) mass is 324 g/mol. The van der Waals surface area contributed by atoms with E-state index in [0.29, 0.717) is 10.8 Å². The van der Waals surface area contributed by atoms with Gasteiger partial charge in [-0.05, 0) is 12.5 Å². The predicted octanol–water partition coefficient (Wildman–Crippen LogP) is 0.841. The molecule has 3 N–H and O–H groups in total. The van der Waals surface area contributed by atoms with Gasteiger partial charge < -0.3 is 10.3 Å². The van der Waals surface area contributed by atoms with E-state index in [1.807, 2.05) is 0 Å². The van der Waals surface area contributed by atoms with Crippen molar-refractivity contribution in [2.75, 3.05) is 0 Å². The number of thiocarbonyl (C=S) groups is 1. The molecule has 1 heterocycles. The smallest absolute Gasteiger partial charge is 0.259 e. The maximum absolute atomic E-state index is 12.1. The first-order chi connectivity index (χ1) is 9.79. The molecule has 8 heteroatoms. The van der Waals surface area contributed by atoms with Crippen molar-refractivity contribution < 1.29 is 8.42 Å². The zero-order valence-corrected chi connectivity index (χ0v) is 13.3. The number of sulfonamides is 1. The van der Waals surface area contributed by atoms with Gasteiger partial charge in [0.1, 0.15) is 10.8 Å². The minimum atomic E-state index is -3.62. The summed E-state index contributed by atoms with van der Waals surface area (Å²) in [4.78, 5) is 4.32. The molecule has 1 aromatic heterocycles. The van der Waals surface area contributed by atoms with Crippen LogP contribution in [-0.4, -0.2) is 23.0 Å². The lowest BCUT2D eigenvalue weighted by Crippen LogP contribution is -2.23. The topological polar surface area (TPSA) is 90.0 Å². The van der Waals surface area contributed by atoms with Crippen LogP contribution in [0, 0.1) is 6.92 Å². The summed E-state index contributed by atoms with van der Waals surface area (Å²) in [6.45, 7) is 1.92. The van der Waals surface area contributed by atoms with Gasteiger partial charge in [-0.3, -0.25) is 0 Å². The molecule has 0 bridgehead atoms. The van der Waals surface area contributed by atoms with Crippen LogP contribution in [0.4, 0.5) is 0 Å². The van der Waals surface area contributed by atoms with Crippen LogP contribution in [0.2, 0.25) is 0 Å². The van der Waals surface area contributed by atoms with Crippen LogP contribution in [0.5, 0.6) is 0 Å². The summed E-state index contributed by atoms with van der Waals surface area (Å²) in [5.74, 6) is 0.635. The summed E-state index contributed by atoms with van der Waals surface area (Å²) in [6.07, 6.45) is 1.48. The van der Waals surface area contributed by atoms with E-state index in [0.717, 1.165) is 11.1 Å². The summed E-state index contributed by atoms with van der Waals surface area (Å²) >= 11 is 4.86. The van der Waals surface area contributed by atoms with Crippen LogP contribution < -0.4 is 10.5 Å². The average molecular weight is 324 g/mol. The van der Waals surface area contributed by atoms with E-state index in [-0.39, 0.29) is 11.6 Å². The SMILES string of the molecule is Cc1nc(S(=O)(=O)NCc2ccc(C(N)=S)cc2)cn1C. The number of nitrogens with zero attached hydrogens (tertiary/aromatic N) is 2. The normalized spacial score (nSPS) is 11.5. The lowest BCUT2D eigenvalue weighted by Gasteiger charge is -2.05. The van der Waals surface area contributed by atoms with Crippen molar-refractivity contribution in [2.24, 2.45) is 12.8 Å². The van der Waals surface area contributed by atoms with Gasteiger partial charge in [0.2, 0.25) is 0 Å². The Balaban J connectivity index is 2.09. The first-order valence-corrected chi connectivity index (χ1v) is 8.07. The van der Waals surface area contributed by atoms with Gasteiger partial charge in [0.05, 0.1) is 0 Å². The van der Waals surface area contributed by atoms with Gasteiger partial charge in [0.15, 0.2) is 5.03 Å². The molecule has 0 unspecified atom stereocenters. The first-order valence-electron chi connectivity index (χ1n) is 6.18. The van der Waals surface area contributed by atoms with Crippen molar-refractivity contribution in [3.63, 3.8) is 0 Å². The summed E-state index contributed by atoms with van der Waals surface area (Å²) < 4.78 is 28.4. The second-order valence-electron chi connectivity index (χ2n) is 4.62. The largest absolute Gasteiger partial charge is 0.389 e. The molecule has 2 aromatic rings. The Bertz CT molecular complexity index is 744. The number of rotatable bonds is 5. The second-order valence-corrected chi connectivity index (χ2v) is 6.78. The molecular formula is C13H16N4O2S2. The van der Waals surface area contributed by atoms with E-state index in [4.69, 9.17) is 18.0 Å². The number of imidazole rings is 1. The minimum Gasteiger partial charge on any atom is -0.389 e. The van der Waals surface area contributed by atoms with Crippen molar-refractivity contribution in [1.29, 1.82) is 0 Å². The Hall–Kier alpha value is -1.77. The van der Waals surface area contributed by atoms with Gasteiger partial charge in [-0.1, -0.05) is 36.5 Å². The molecule has 0 atom stereocenters. The molecule has 21 heavy (non-hydrogen) atoms. The highest BCUT2D eigenvalue weighted by molar-refractivity contribution is 7.89. The summed E-state index contributed by atoms with van der Waals surface area (Å²) in [6, 6.07) is 7.08. The van der Waals surface area contributed by atoms with E-state index in [2.05, 4.69) is 9.71 Å². The van der Waals surface area contributed by atoms with E-state index in [9.17, 15) is 8.42 Å². The number of hydrogen-bond acceptors (Lipinski definition) is 4. The van der Waals surface area contributed by atoms with Crippen molar-refractivity contribution >= 4 is 27.2 Å². The number of benzene rings is 1. The standard InChI is InChI=1S/C13H16N4O2S2/c1-9-16-12(8-17(9)2)21(18,19)15-7-10-3-5-11(6-4-10)13(14)20/h3-6,8,15H,7H2,1-2H3,(H2,14,20). The highest BCUT2D eigenvalue weighted by Gasteiger charge is 2.17. The molecule has 0 aliphatic carbocycles. The zero-order chi connectivity index (χ0) is 15.6. The first kappa shape index (κ1) is 15.6. The maximum atomic E-state index is 12.1. The average Bonchev–Trinajstić information content (AvgIpc) is 2.78. The third kappa shape index (κ3) is 3.66. The molecule has 0 radical (unpaired) electrons. The molecule has 6 nitrogen and oxygen atoms in total. The van der Waals surface area contributed by atoms with Crippen LogP contribution in [0.3, 0.4) is 0 Å². The Morgan fingerprint density at radius 3 is 2.48 bits per heavy atom. The van der Waals surface area contributed by atoms with E-state index < -0.39 is 10.0 Å². The number of nitrogens with one attached hydrogen (secondary N) is 1. The zero-order valence-electron chi connectivity index (χ0n) is 11.7. The van der Waals surface area contributed by atoms with Gasteiger partial charge in [-0.2, -0.15) is 0 Å².